The minimum atomic E-state index is -0.313. The number of likely N-dealkylation sites (tertiary alicyclic amines) is 1. The summed E-state index contributed by atoms with van der Waals surface area (Å²) in [5.41, 5.74) is 2.55. The number of nitrogens with zero attached hydrogens (tertiary/aromatic N) is 2. The van der Waals surface area contributed by atoms with Crippen molar-refractivity contribution in [3.63, 3.8) is 0 Å². The van der Waals surface area contributed by atoms with Crippen LogP contribution >= 0.6 is 0 Å². The van der Waals surface area contributed by atoms with Gasteiger partial charge in [0.05, 0.1) is 25.0 Å². The highest BCUT2D eigenvalue weighted by Crippen LogP contribution is 2.34. The average molecular weight is 489 g/mol. The molecule has 0 radical (unpaired) electrons. The first kappa shape index (κ1) is 24.0. The van der Waals surface area contributed by atoms with Gasteiger partial charge in [-0.25, -0.2) is 4.39 Å². The molecule has 0 unspecified atom stereocenters. The summed E-state index contributed by atoms with van der Waals surface area (Å²) in [6.07, 6.45) is 2.78. The fourth-order valence-electron chi connectivity index (χ4n) is 4.87. The number of ether oxygens (including phenoxy) is 2. The van der Waals surface area contributed by atoms with Gasteiger partial charge in [-0.1, -0.05) is 41.6 Å². The first-order valence-corrected chi connectivity index (χ1v) is 12.3. The molecule has 1 fully saturated rings. The van der Waals surface area contributed by atoms with Gasteiger partial charge >= 0.3 is 0 Å². The second-order valence-electron chi connectivity index (χ2n) is 9.06. The van der Waals surface area contributed by atoms with E-state index in [4.69, 9.17) is 14.0 Å². The Bertz CT molecular complexity index is 1330. The Morgan fingerprint density at radius 1 is 1.08 bits per heavy atom. The number of aromatic nitrogens is 1. The molecular weight excluding hydrogens is 459 g/mol. The fourth-order valence-corrected chi connectivity index (χ4v) is 4.87. The molecule has 36 heavy (non-hydrogen) atoms. The monoisotopic (exact) mass is 488 g/mol. The zero-order valence-electron chi connectivity index (χ0n) is 20.3. The van der Waals surface area contributed by atoms with Crippen molar-refractivity contribution in [1.29, 1.82) is 0 Å². The molecule has 1 aliphatic heterocycles. The van der Waals surface area contributed by atoms with E-state index in [2.05, 4.69) is 10.1 Å². The van der Waals surface area contributed by atoms with Gasteiger partial charge in [0.1, 0.15) is 5.82 Å². The third-order valence-corrected chi connectivity index (χ3v) is 6.78. The lowest BCUT2D eigenvalue weighted by Crippen LogP contribution is -2.34. The van der Waals surface area contributed by atoms with Crippen molar-refractivity contribution in [2.45, 2.75) is 25.2 Å². The lowest BCUT2D eigenvalue weighted by Gasteiger charge is -2.31. The first-order valence-electron chi connectivity index (χ1n) is 12.3. The van der Waals surface area contributed by atoms with Gasteiger partial charge in [0.15, 0.2) is 22.9 Å². The molecule has 1 aliphatic rings. The Morgan fingerprint density at radius 3 is 2.67 bits per heavy atom. The van der Waals surface area contributed by atoms with E-state index in [-0.39, 0.29) is 11.6 Å². The van der Waals surface area contributed by atoms with E-state index in [0.29, 0.717) is 40.7 Å². The van der Waals surface area contributed by atoms with Crippen molar-refractivity contribution < 1.29 is 23.2 Å². The summed E-state index contributed by atoms with van der Waals surface area (Å²) in [6, 6.07) is 19.2. The molecule has 3 aromatic carbocycles. The summed E-state index contributed by atoms with van der Waals surface area (Å²) in [5, 5.41) is 5.14. The van der Waals surface area contributed by atoms with Gasteiger partial charge in [0.2, 0.25) is 0 Å². The summed E-state index contributed by atoms with van der Waals surface area (Å²) >= 11 is 0. The summed E-state index contributed by atoms with van der Waals surface area (Å²) < 4.78 is 30.4. The summed E-state index contributed by atoms with van der Waals surface area (Å²) in [6.45, 7) is 3.28. The Hall–Kier alpha value is -3.71. The van der Waals surface area contributed by atoms with E-state index in [9.17, 15) is 9.18 Å². The topological polar surface area (TPSA) is 64.8 Å². The molecule has 1 aromatic heterocycles. The van der Waals surface area contributed by atoms with Crippen LogP contribution in [0.1, 0.15) is 46.8 Å². The van der Waals surface area contributed by atoms with Crippen molar-refractivity contribution >= 4 is 16.8 Å². The van der Waals surface area contributed by atoms with Crippen LogP contribution in [0.3, 0.4) is 0 Å². The third-order valence-electron chi connectivity index (χ3n) is 6.78. The smallest absolute Gasteiger partial charge is 0.196 e. The van der Waals surface area contributed by atoms with Crippen LogP contribution in [-0.2, 0) is 0 Å². The Morgan fingerprint density at radius 2 is 1.89 bits per heavy atom. The highest BCUT2D eigenvalue weighted by Gasteiger charge is 2.25. The molecular formula is C29H29FN2O4. The second kappa shape index (κ2) is 10.9. The lowest BCUT2D eigenvalue weighted by molar-refractivity contribution is 0.103. The van der Waals surface area contributed by atoms with Crippen LogP contribution in [0.4, 0.5) is 4.39 Å². The van der Waals surface area contributed by atoms with Crippen LogP contribution in [0, 0.1) is 5.82 Å². The normalized spacial score (nSPS) is 14.7. The number of carbonyl (C=O) groups is 1. The number of hydrogen-bond acceptors (Lipinski definition) is 6. The maximum Gasteiger partial charge on any atom is 0.196 e. The SMILES string of the molecule is COc1cccc(C(=O)c2ccccc2)c1OCCCN1CCC(c2noc3cc(F)ccc23)CC1. The molecule has 0 amide bonds. The first-order chi connectivity index (χ1) is 17.6. The zero-order chi connectivity index (χ0) is 24.9. The van der Waals surface area contributed by atoms with E-state index >= 15 is 0 Å². The van der Waals surface area contributed by atoms with Gasteiger partial charge < -0.3 is 18.9 Å². The standard InChI is InChI=1S/C29H29FN2O4/c1-34-25-10-5-9-24(28(33)21-7-3-2-4-8-21)29(25)35-18-6-15-32-16-13-20(14-17-32)27-23-12-11-22(30)19-26(23)36-31-27/h2-5,7-12,19-20H,6,13-18H2,1H3. The highest BCUT2D eigenvalue weighted by atomic mass is 19.1. The molecule has 186 valence electrons. The number of hydrogen-bond donors (Lipinski definition) is 0. The maximum absolute atomic E-state index is 13.4. The van der Waals surface area contributed by atoms with Gasteiger partial charge in [-0.3, -0.25) is 4.79 Å². The summed E-state index contributed by atoms with van der Waals surface area (Å²) in [7, 11) is 1.58. The van der Waals surface area contributed by atoms with Gasteiger partial charge in [-0.05, 0) is 56.6 Å². The quantitative estimate of drug-likeness (QED) is 0.217. The number of fused-ring (bicyclic) bond motifs is 1. The molecule has 0 N–H and O–H groups in total. The molecule has 1 saturated heterocycles. The molecule has 6 nitrogen and oxygen atoms in total. The van der Waals surface area contributed by atoms with Gasteiger partial charge in [0, 0.05) is 29.5 Å². The number of carbonyl (C=O) groups excluding carboxylic acids is 1. The van der Waals surface area contributed by atoms with Gasteiger partial charge in [-0.15, -0.1) is 0 Å². The highest BCUT2D eigenvalue weighted by molar-refractivity contribution is 6.11. The van der Waals surface area contributed by atoms with Crippen molar-refractivity contribution in [3.8, 4) is 11.5 Å². The number of methoxy groups -OCH3 is 1. The van der Waals surface area contributed by atoms with Crippen LogP contribution in [0.2, 0.25) is 0 Å². The van der Waals surface area contributed by atoms with Crippen LogP contribution in [0.25, 0.3) is 11.0 Å². The van der Waals surface area contributed by atoms with Crippen molar-refractivity contribution in [3.05, 3.63) is 89.4 Å². The minimum absolute atomic E-state index is 0.0882. The van der Waals surface area contributed by atoms with Gasteiger partial charge in [0.25, 0.3) is 0 Å². The molecule has 2 heterocycles. The van der Waals surface area contributed by atoms with E-state index in [1.165, 1.54) is 12.1 Å². The Balaban J connectivity index is 1.15. The third kappa shape index (κ3) is 5.11. The minimum Gasteiger partial charge on any atom is -0.493 e. The summed E-state index contributed by atoms with van der Waals surface area (Å²) in [5.74, 6) is 0.949. The molecule has 0 bridgehead atoms. The van der Waals surface area contributed by atoms with Crippen LogP contribution in [0.5, 0.6) is 11.5 Å². The number of piperidine rings is 1. The predicted octanol–water partition coefficient (Wildman–Crippen LogP) is 5.86. The number of benzene rings is 3. The van der Waals surface area contributed by atoms with Crippen LogP contribution in [0.15, 0.2) is 71.3 Å². The largest absolute Gasteiger partial charge is 0.493 e. The molecule has 0 atom stereocenters. The maximum atomic E-state index is 13.4. The zero-order valence-corrected chi connectivity index (χ0v) is 20.3. The second-order valence-corrected chi connectivity index (χ2v) is 9.06. The van der Waals surface area contributed by atoms with Gasteiger partial charge in [-0.2, -0.15) is 0 Å². The molecule has 7 heteroatoms. The summed E-state index contributed by atoms with van der Waals surface area (Å²) in [4.78, 5) is 15.5. The number of ketones is 1. The average Bonchev–Trinajstić information content (AvgIpc) is 3.34. The van der Waals surface area contributed by atoms with E-state index < -0.39 is 0 Å². The molecule has 0 saturated carbocycles. The molecule has 0 aliphatic carbocycles. The lowest BCUT2D eigenvalue weighted by atomic mass is 9.91. The van der Waals surface area contributed by atoms with Crippen molar-refractivity contribution in [2.75, 3.05) is 33.4 Å². The molecule has 4 aromatic rings. The van der Waals surface area contributed by atoms with Crippen LogP contribution < -0.4 is 9.47 Å². The van der Waals surface area contributed by atoms with Crippen molar-refractivity contribution in [1.82, 2.24) is 10.1 Å². The Kier molecular flexibility index (Phi) is 7.28. The Labute approximate surface area is 209 Å². The van der Waals surface area contributed by atoms with E-state index in [1.807, 2.05) is 24.3 Å². The number of rotatable bonds is 9. The van der Waals surface area contributed by atoms with E-state index in [0.717, 1.165) is 50.0 Å². The van der Waals surface area contributed by atoms with Crippen LogP contribution in [-0.4, -0.2) is 49.2 Å². The molecule has 0 spiro atoms. The fraction of sp³-hybridized carbons (Fsp3) is 0.310. The van der Waals surface area contributed by atoms with E-state index in [1.54, 1.807) is 37.4 Å². The predicted molar refractivity (Wildman–Crippen MR) is 135 cm³/mol. The molecule has 5 rings (SSSR count). The number of para-hydroxylation sites is 1. The van der Waals surface area contributed by atoms with Crippen molar-refractivity contribution in [2.24, 2.45) is 0 Å². The number of halogens is 1.